The largest absolute Gasteiger partial charge is 0.368 e. The van der Waals surface area contributed by atoms with Crippen LogP contribution in [-0.2, 0) is 4.79 Å². The van der Waals surface area contributed by atoms with E-state index in [1.54, 1.807) is 0 Å². The van der Waals surface area contributed by atoms with E-state index in [0.29, 0.717) is 18.1 Å². The second-order valence-corrected chi connectivity index (χ2v) is 7.15. The van der Waals surface area contributed by atoms with Gasteiger partial charge in [-0.05, 0) is 51.4 Å². The van der Waals surface area contributed by atoms with E-state index in [1.807, 2.05) is 0 Å². The van der Waals surface area contributed by atoms with Gasteiger partial charge in [0, 0.05) is 24.7 Å². The van der Waals surface area contributed by atoms with Crippen LogP contribution in [0, 0.1) is 5.92 Å². The molecule has 3 aliphatic rings. The van der Waals surface area contributed by atoms with Crippen molar-refractivity contribution in [3.05, 3.63) is 0 Å². The molecule has 2 saturated carbocycles. The number of nitrogens with zero attached hydrogens (tertiary/aromatic N) is 1. The van der Waals surface area contributed by atoms with Crippen LogP contribution in [0.15, 0.2) is 0 Å². The predicted molar refractivity (Wildman–Crippen MR) is 75.7 cm³/mol. The van der Waals surface area contributed by atoms with Crippen molar-refractivity contribution in [2.75, 3.05) is 6.54 Å². The molecule has 2 aliphatic carbocycles. The van der Waals surface area contributed by atoms with E-state index in [4.69, 9.17) is 5.73 Å². The Morgan fingerprint density at radius 3 is 2.58 bits per heavy atom. The van der Waals surface area contributed by atoms with E-state index in [-0.39, 0.29) is 5.91 Å². The van der Waals surface area contributed by atoms with E-state index in [0.717, 1.165) is 25.2 Å². The van der Waals surface area contributed by atoms with Gasteiger partial charge in [-0.2, -0.15) is 0 Å². The summed E-state index contributed by atoms with van der Waals surface area (Å²) in [7, 11) is 0. The number of rotatable bonds is 4. The van der Waals surface area contributed by atoms with E-state index in [2.05, 4.69) is 24.1 Å². The average Bonchev–Trinajstić information content (AvgIpc) is 2.92. The molecule has 0 aromatic heterocycles. The van der Waals surface area contributed by atoms with Crippen LogP contribution in [-0.4, -0.2) is 41.0 Å². The Labute approximate surface area is 116 Å². The molecule has 3 N–H and O–H groups in total. The van der Waals surface area contributed by atoms with Gasteiger partial charge >= 0.3 is 0 Å². The van der Waals surface area contributed by atoms with Gasteiger partial charge in [-0.3, -0.25) is 9.69 Å². The number of nitrogens with one attached hydrogen (secondary N) is 1. The number of likely N-dealkylation sites (tertiary alicyclic amines) is 1. The highest BCUT2D eigenvalue weighted by Gasteiger charge is 2.49. The Kier molecular flexibility index (Phi) is 3.34. The first-order chi connectivity index (χ1) is 9.00. The number of amides is 1. The van der Waals surface area contributed by atoms with Gasteiger partial charge in [0.2, 0.25) is 5.91 Å². The van der Waals surface area contributed by atoms with Crippen molar-refractivity contribution in [3.8, 4) is 0 Å². The Balaban J connectivity index is 1.68. The second kappa shape index (κ2) is 4.74. The molecule has 3 rings (SSSR count). The lowest BCUT2D eigenvalue weighted by molar-refractivity contribution is -0.124. The molecule has 3 fully saturated rings. The molecule has 0 bridgehead atoms. The van der Waals surface area contributed by atoms with Crippen LogP contribution in [0.4, 0.5) is 0 Å². The van der Waals surface area contributed by atoms with Crippen LogP contribution >= 0.6 is 0 Å². The highest BCUT2D eigenvalue weighted by Crippen LogP contribution is 2.39. The molecule has 1 amide bonds. The molecule has 4 nitrogen and oxygen atoms in total. The number of hydrogen-bond acceptors (Lipinski definition) is 3. The van der Waals surface area contributed by atoms with Crippen LogP contribution in [0.2, 0.25) is 0 Å². The molecular weight excluding hydrogens is 238 g/mol. The third-order valence-electron chi connectivity index (χ3n) is 5.32. The zero-order valence-corrected chi connectivity index (χ0v) is 12.2. The van der Waals surface area contributed by atoms with Crippen molar-refractivity contribution in [3.63, 3.8) is 0 Å². The maximum Gasteiger partial charge on any atom is 0.237 e. The first kappa shape index (κ1) is 13.4. The minimum atomic E-state index is -0.419. The molecule has 4 heteroatoms. The third kappa shape index (κ3) is 2.52. The molecule has 19 heavy (non-hydrogen) atoms. The second-order valence-electron chi connectivity index (χ2n) is 7.15. The lowest BCUT2D eigenvalue weighted by Crippen LogP contribution is -2.55. The number of nitrogens with two attached hydrogens (primary N) is 1. The van der Waals surface area contributed by atoms with E-state index in [1.165, 1.54) is 25.8 Å². The van der Waals surface area contributed by atoms with Crippen molar-refractivity contribution < 1.29 is 4.79 Å². The third-order valence-corrected chi connectivity index (χ3v) is 5.32. The van der Waals surface area contributed by atoms with Crippen molar-refractivity contribution in [2.45, 2.75) is 76.0 Å². The maximum atomic E-state index is 11.9. The first-order valence-corrected chi connectivity index (χ1v) is 7.83. The summed E-state index contributed by atoms with van der Waals surface area (Å²) >= 11 is 0. The summed E-state index contributed by atoms with van der Waals surface area (Å²) in [5.41, 5.74) is 5.29. The Bertz CT molecular complexity index is 368. The lowest BCUT2D eigenvalue weighted by Gasteiger charge is -2.31. The van der Waals surface area contributed by atoms with Crippen LogP contribution in [0.5, 0.6) is 0 Å². The van der Waals surface area contributed by atoms with Gasteiger partial charge in [-0.1, -0.05) is 6.92 Å². The van der Waals surface area contributed by atoms with Gasteiger partial charge in [0.05, 0.1) is 5.54 Å². The van der Waals surface area contributed by atoms with Crippen molar-refractivity contribution in [1.29, 1.82) is 0 Å². The molecular formula is C15H27N3O. The normalized spacial score (nSPS) is 43.8. The zero-order chi connectivity index (χ0) is 13.6. The number of carbonyl (C=O) groups is 1. The monoisotopic (exact) mass is 265 g/mol. The molecule has 0 aromatic carbocycles. The van der Waals surface area contributed by atoms with Crippen LogP contribution in [0.3, 0.4) is 0 Å². The summed E-state index contributed by atoms with van der Waals surface area (Å²) in [4.78, 5) is 14.5. The van der Waals surface area contributed by atoms with Crippen molar-refractivity contribution in [1.82, 2.24) is 10.2 Å². The number of carbonyl (C=O) groups excluding carboxylic acids is 1. The van der Waals surface area contributed by atoms with Gasteiger partial charge in [-0.25, -0.2) is 0 Å². The Morgan fingerprint density at radius 2 is 2.05 bits per heavy atom. The minimum Gasteiger partial charge on any atom is -0.368 e. The topological polar surface area (TPSA) is 58.4 Å². The number of hydrogen-bond donors (Lipinski definition) is 2. The summed E-state index contributed by atoms with van der Waals surface area (Å²) in [6.07, 6.45) is 6.64. The lowest BCUT2D eigenvalue weighted by atomic mass is 9.96. The molecule has 1 saturated heterocycles. The Hall–Kier alpha value is -0.610. The van der Waals surface area contributed by atoms with Crippen LogP contribution in [0.1, 0.15) is 52.4 Å². The summed E-state index contributed by atoms with van der Waals surface area (Å²) < 4.78 is 0. The van der Waals surface area contributed by atoms with Gasteiger partial charge in [0.1, 0.15) is 0 Å². The molecule has 4 unspecified atom stereocenters. The Morgan fingerprint density at radius 1 is 1.32 bits per heavy atom. The molecule has 1 heterocycles. The van der Waals surface area contributed by atoms with E-state index in [9.17, 15) is 4.79 Å². The predicted octanol–water partition coefficient (Wildman–Crippen LogP) is 1.25. The molecule has 4 atom stereocenters. The number of primary amides is 1. The van der Waals surface area contributed by atoms with Crippen LogP contribution < -0.4 is 11.1 Å². The van der Waals surface area contributed by atoms with E-state index >= 15 is 0 Å². The average molecular weight is 265 g/mol. The van der Waals surface area contributed by atoms with Crippen molar-refractivity contribution in [2.24, 2.45) is 11.7 Å². The zero-order valence-electron chi connectivity index (χ0n) is 12.2. The van der Waals surface area contributed by atoms with Crippen molar-refractivity contribution >= 4 is 5.91 Å². The molecule has 1 aliphatic heterocycles. The van der Waals surface area contributed by atoms with Gasteiger partial charge in [0.15, 0.2) is 0 Å². The fourth-order valence-corrected chi connectivity index (χ4v) is 4.19. The smallest absolute Gasteiger partial charge is 0.237 e. The summed E-state index contributed by atoms with van der Waals surface area (Å²) in [5.74, 6) is 0.650. The molecule has 0 aromatic rings. The summed E-state index contributed by atoms with van der Waals surface area (Å²) in [6.45, 7) is 5.83. The SMILES string of the molecule is CC1CC(C)N(C2CCC(NC3CC3)(C(N)=O)C2)C1. The fraction of sp³-hybridized carbons (Fsp3) is 0.933. The quantitative estimate of drug-likeness (QED) is 0.804. The summed E-state index contributed by atoms with van der Waals surface area (Å²) in [6, 6.07) is 1.74. The van der Waals surface area contributed by atoms with Gasteiger partial charge in [-0.15, -0.1) is 0 Å². The minimum absolute atomic E-state index is 0.137. The highest BCUT2D eigenvalue weighted by molar-refractivity contribution is 5.85. The van der Waals surface area contributed by atoms with Crippen LogP contribution in [0.25, 0.3) is 0 Å². The van der Waals surface area contributed by atoms with Gasteiger partial charge in [0.25, 0.3) is 0 Å². The fourth-order valence-electron chi connectivity index (χ4n) is 4.19. The summed E-state index contributed by atoms with van der Waals surface area (Å²) in [5, 5.41) is 3.54. The molecule has 108 valence electrons. The van der Waals surface area contributed by atoms with E-state index < -0.39 is 5.54 Å². The van der Waals surface area contributed by atoms with Gasteiger partial charge < -0.3 is 11.1 Å². The first-order valence-electron chi connectivity index (χ1n) is 7.83. The molecule has 0 radical (unpaired) electrons. The molecule has 0 spiro atoms. The highest BCUT2D eigenvalue weighted by atomic mass is 16.1. The maximum absolute atomic E-state index is 11.9. The standard InChI is InChI=1S/C15H27N3O/c1-10-7-11(2)18(9-10)13-5-6-15(8-13,14(16)19)17-12-3-4-12/h10-13,17H,3-9H2,1-2H3,(H2,16,19).